The zero-order valence-corrected chi connectivity index (χ0v) is 11.6. The van der Waals surface area contributed by atoms with Gasteiger partial charge in [0.25, 0.3) is 16.8 Å². The molecule has 0 saturated heterocycles. The van der Waals surface area contributed by atoms with Gasteiger partial charge < -0.3 is 8.83 Å². The lowest BCUT2D eigenvalue weighted by molar-refractivity contribution is -0.387. The van der Waals surface area contributed by atoms with E-state index in [0.717, 1.165) is 11.8 Å². The van der Waals surface area contributed by atoms with E-state index in [0.29, 0.717) is 16.9 Å². The molecule has 0 amide bonds. The molecule has 0 aliphatic heterocycles. The number of aldehydes is 1. The molecule has 2 heterocycles. The van der Waals surface area contributed by atoms with E-state index in [9.17, 15) is 14.9 Å². The number of nitro benzene ring substituents is 1. The molecule has 0 fully saturated rings. The molecule has 0 radical (unpaired) electrons. The molecular weight excluding hydrogens is 310 g/mol. The fraction of sp³-hybridized carbons (Fsp3) is 0. The molecule has 0 saturated carbocycles. The maximum Gasteiger partial charge on any atom is 0.284 e. The quantitative estimate of drug-likeness (QED) is 0.400. The third-order valence-corrected chi connectivity index (χ3v) is 3.56. The number of hydrogen-bond donors (Lipinski definition) is 0. The molecule has 0 spiro atoms. The van der Waals surface area contributed by atoms with Gasteiger partial charge in [0.1, 0.15) is 6.29 Å². The van der Waals surface area contributed by atoms with Crippen LogP contribution in [0.25, 0.3) is 11.7 Å². The Morgan fingerprint density at radius 3 is 2.82 bits per heavy atom. The summed E-state index contributed by atoms with van der Waals surface area (Å²) in [6.07, 6.45) is 2.01. The lowest BCUT2D eigenvalue weighted by atomic mass is 10.2. The number of aromatic nitrogens is 2. The maximum absolute atomic E-state index is 11.1. The van der Waals surface area contributed by atoms with Crippen molar-refractivity contribution in [1.29, 1.82) is 0 Å². The summed E-state index contributed by atoms with van der Waals surface area (Å²) in [7, 11) is 0. The second kappa shape index (κ2) is 5.82. The lowest BCUT2D eigenvalue weighted by Gasteiger charge is -2.00. The van der Waals surface area contributed by atoms with E-state index in [4.69, 9.17) is 8.83 Å². The van der Waals surface area contributed by atoms with E-state index in [-0.39, 0.29) is 22.4 Å². The number of nitrogens with zero attached hydrogens (tertiary/aromatic N) is 3. The molecule has 3 aromatic rings. The summed E-state index contributed by atoms with van der Waals surface area (Å²) in [4.78, 5) is 21.5. The second-order valence-corrected chi connectivity index (χ2v) is 5.05. The van der Waals surface area contributed by atoms with Crippen molar-refractivity contribution >= 4 is 23.7 Å². The fourth-order valence-electron chi connectivity index (χ4n) is 1.68. The molecular formula is C13H7N3O5S. The molecule has 9 heteroatoms. The predicted molar refractivity (Wildman–Crippen MR) is 74.6 cm³/mol. The van der Waals surface area contributed by atoms with Crippen molar-refractivity contribution in [3.63, 3.8) is 0 Å². The monoisotopic (exact) mass is 317 g/mol. The Kier molecular flexibility index (Phi) is 3.71. The van der Waals surface area contributed by atoms with Crippen molar-refractivity contribution in [2.45, 2.75) is 10.1 Å². The van der Waals surface area contributed by atoms with Gasteiger partial charge in [-0.1, -0.05) is 6.07 Å². The third-order valence-electron chi connectivity index (χ3n) is 2.65. The van der Waals surface area contributed by atoms with Gasteiger partial charge in [0.15, 0.2) is 5.76 Å². The van der Waals surface area contributed by atoms with Crippen LogP contribution in [-0.2, 0) is 0 Å². The zero-order chi connectivity index (χ0) is 15.5. The molecule has 0 N–H and O–H groups in total. The lowest BCUT2D eigenvalue weighted by Crippen LogP contribution is -1.93. The first-order valence-electron chi connectivity index (χ1n) is 5.96. The zero-order valence-electron chi connectivity index (χ0n) is 10.8. The highest BCUT2D eigenvalue weighted by Gasteiger charge is 2.19. The van der Waals surface area contributed by atoms with Gasteiger partial charge in [0.2, 0.25) is 0 Å². The fourth-order valence-corrected chi connectivity index (χ4v) is 2.45. The summed E-state index contributed by atoms with van der Waals surface area (Å²) in [6.45, 7) is 0. The highest BCUT2D eigenvalue weighted by molar-refractivity contribution is 7.99. The van der Waals surface area contributed by atoms with Crippen LogP contribution in [0.4, 0.5) is 5.69 Å². The molecule has 0 aliphatic carbocycles. The van der Waals surface area contributed by atoms with Gasteiger partial charge in [-0.2, -0.15) is 0 Å². The molecule has 1 aromatic carbocycles. The SMILES string of the molecule is O=Cc1ccc(Sc2nnc(-c3ccco3)o2)c([N+](=O)[O-])c1. The molecule has 0 aliphatic rings. The Hall–Kier alpha value is -2.94. The number of hydrogen-bond acceptors (Lipinski definition) is 8. The minimum absolute atomic E-state index is 0.133. The topological polar surface area (TPSA) is 112 Å². The highest BCUT2D eigenvalue weighted by Crippen LogP contribution is 2.35. The molecule has 0 atom stereocenters. The average Bonchev–Trinajstić information content (AvgIpc) is 3.18. The minimum Gasteiger partial charge on any atom is -0.459 e. The van der Waals surface area contributed by atoms with Crippen molar-refractivity contribution in [3.05, 3.63) is 52.3 Å². The normalized spacial score (nSPS) is 10.5. The van der Waals surface area contributed by atoms with Crippen LogP contribution in [0.2, 0.25) is 0 Å². The summed E-state index contributed by atoms with van der Waals surface area (Å²) in [5.41, 5.74) is 0.0187. The summed E-state index contributed by atoms with van der Waals surface area (Å²) in [5, 5.41) is 18.8. The van der Waals surface area contributed by atoms with Crippen LogP contribution in [0, 0.1) is 10.1 Å². The summed E-state index contributed by atoms with van der Waals surface area (Å²) in [6, 6.07) is 7.47. The Bertz CT molecular complexity index is 828. The summed E-state index contributed by atoms with van der Waals surface area (Å²) in [5.74, 6) is 0.588. The van der Waals surface area contributed by atoms with Crippen LogP contribution >= 0.6 is 11.8 Å². The summed E-state index contributed by atoms with van der Waals surface area (Å²) >= 11 is 0.940. The van der Waals surface area contributed by atoms with E-state index in [1.54, 1.807) is 12.1 Å². The number of carbonyl (C=O) groups excluding carboxylic acids is 1. The molecule has 22 heavy (non-hydrogen) atoms. The number of nitro groups is 1. The van der Waals surface area contributed by atoms with Gasteiger partial charge in [-0.3, -0.25) is 14.9 Å². The van der Waals surface area contributed by atoms with E-state index in [1.165, 1.54) is 24.5 Å². The first-order chi connectivity index (χ1) is 10.7. The van der Waals surface area contributed by atoms with Crippen molar-refractivity contribution < 1.29 is 18.6 Å². The Balaban J connectivity index is 1.90. The minimum atomic E-state index is -0.570. The number of carbonyl (C=O) groups is 1. The maximum atomic E-state index is 11.1. The molecule has 2 aromatic heterocycles. The van der Waals surface area contributed by atoms with Gasteiger partial charge >= 0.3 is 0 Å². The van der Waals surface area contributed by atoms with Crippen LogP contribution in [0.3, 0.4) is 0 Å². The second-order valence-electron chi connectivity index (χ2n) is 4.05. The average molecular weight is 317 g/mol. The smallest absolute Gasteiger partial charge is 0.284 e. The van der Waals surface area contributed by atoms with Crippen molar-refractivity contribution in [2.75, 3.05) is 0 Å². The van der Waals surface area contributed by atoms with Crippen LogP contribution in [-0.4, -0.2) is 21.4 Å². The van der Waals surface area contributed by atoms with Gasteiger partial charge in [-0.05, 0) is 30.0 Å². The van der Waals surface area contributed by atoms with Gasteiger partial charge in [-0.25, -0.2) is 0 Å². The van der Waals surface area contributed by atoms with E-state index in [1.807, 2.05) is 0 Å². The molecule has 3 rings (SSSR count). The van der Waals surface area contributed by atoms with E-state index in [2.05, 4.69) is 10.2 Å². The van der Waals surface area contributed by atoms with E-state index >= 15 is 0 Å². The first-order valence-corrected chi connectivity index (χ1v) is 6.78. The van der Waals surface area contributed by atoms with Gasteiger partial charge in [-0.15, -0.1) is 10.2 Å². The van der Waals surface area contributed by atoms with Crippen molar-refractivity contribution in [1.82, 2.24) is 10.2 Å². The van der Waals surface area contributed by atoms with Crippen molar-refractivity contribution in [2.24, 2.45) is 0 Å². The largest absolute Gasteiger partial charge is 0.459 e. The van der Waals surface area contributed by atoms with Crippen LogP contribution in [0.15, 0.2) is 55.5 Å². The number of rotatable bonds is 5. The van der Waals surface area contributed by atoms with Crippen LogP contribution in [0.5, 0.6) is 0 Å². The molecule has 8 nitrogen and oxygen atoms in total. The highest BCUT2D eigenvalue weighted by atomic mass is 32.2. The molecule has 0 bridgehead atoms. The Labute approximate surface area is 127 Å². The predicted octanol–water partition coefficient (Wildman–Crippen LogP) is 3.20. The third kappa shape index (κ3) is 2.74. The standard InChI is InChI=1S/C13H7N3O5S/c17-7-8-3-4-11(9(6-8)16(18)19)22-13-15-14-12(21-13)10-2-1-5-20-10/h1-7H. The van der Waals surface area contributed by atoms with Crippen LogP contribution < -0.4 is 0 Å². The van der Waals surface area contributed by atoms with Gasteiger partial charge in [0.05, 0.1) is 16.1 Å². The summed E-state index contributed by atoms with van der Waals surface area (Å²) < 4.78 is 10.5. The Morgan fingerprint density at radius 2 is 2.14 bits per heavy atom. The number of benzene rings is 1. The van der Waals surface area contributed by atoms with Crippen molar-refractivity contribution in [3.8, 4) is 11.7 Å². The molecule has 0 unspecified atom stereocenters. The Morgan fingerprint density at radius 1 is 1.27 bits per heavy atom. The van der Waals surface area contributed by atoms with E-state index < -0.39 is 4.92 Å². The van der Waals surface area contributed by atoms with Crippen LogP contribution in [0.1, 0.15) is 10.4 Å². The first kappa shape index (κ1) is 14.0. The number of furan rings is 1. The van der Waals surface area contributed by atoms with Gasteiger partial charge in [0, 0.05) is 11.6 Å². The molecule has 110 valence electrons.